The van der Waals surface area contributed by atoms with E-state index in [4.69, 9.17) is 0 Å². The minimum atomic E-state index is -0.847. The van der Waals surface area contributed by atoms with Crippen molar-refractivity contribution in [1.29, 1.82) is 0 Å². The van der Waals surface area contributed by atoms with Crippen LogP contribution in [0.1, 0.15) is 38.3 Å². The van der Waals surface area contributed by atoms with E-state index in [2.05, 4.69) is 40.0 Å². The molecule has 1 unspecified atom stereocenters. The first kappa shape index (κ1) is 15.1. The van der Waals surface area contributed by atoms with Gasteiger partial charge in [-0.2, -0.15) is 0 Å². The Balaban J connectivity index is 3.02. The normalized spacial score (nSPS) is 11.8. The van der Waals surface area contributed by atoms with Crippen molar-refractivity contribution in [3.63, 3.8) is 0 Å². The lowest BCUT2D eigenvalue weighted by atomic mass is 10.0. The van der Waals surface area contributed by atoms with Crippen molar-refractivity contribution in [2.24, 2.45) is 0 Å². The largest absolute Gasteiger partial charge is 0.309 e. The maximum atomic E-state index is 13.5. The van der Waals surface area contributed by atoms with Crippen LogP contribution in [0.25, 0.3) is 0 Å². The molecule has 4 heteroatoms. The summed E-state index contributed by atoms with van der Waals surface area (Å²) in [6, 6.07) is 2.64. The van der Waals surface area contributed by atoms with Crippen LogP contribution in [0.2, 0.25) is 0 Å². The van der Waals surface area contributed by atoms with Gasteiger partial charge in [0.25, 0.3) is 0 Å². The van der Waals surface area contributed by atoms with E-state index in [1.54, 1.807) is 13.0 Å². The molecule has 0 fully saturated rings. The summed E-state index contributed by atoms with van der Waals surface area (Å²) in [4.78, 5) is 0. The van der Waals surface area contributed by atoms with Crippen LogP contribution in [0.5, 0.6) is 0 Å². The Morgan fingerprint density at radius 1 is 1.39 bits per heavy atom. The highest BCUT2D eigenvalue weighted by Gasteiger charge is 2.17. The summed E-state index contributed by atoms with van der Waals surface area (Å²) in [5, 5.41) is 3.29. The molecule has 1 N–H and O–H groups in total. The molecule has 0 aromatic heterocycles. The summed E-state index contributed by atoms with van der Waals surface area (Å²) < 4.78 is 26.8. The van der Waals surface area contributed by atoms with E-state index in [1.807, 2.05) is 0 Å². The number of nitrogens with one attached hydrogen (secondary N) is 1. The van der Waals surface area contributed by atoms with Crippen LogP contribution in [-0.4, -0.2) is 6.54 Å². The van der Waals surface area contributed by atoms with Gasteiger partial charge >= 0.3 is 0 Å². The van der Waals surface area contributed by atoms with Crippen LogP contribution < -0.4 is 5.32 Å². The van der Waals surface area contributed by atoms with Gasteiger partial charge in [0.2, 0.25) is 0 Å². The first-order valence-electron chi connectivity index (χ1n) is 5.88. The highest BCUT2D eigenvalue weighted by molar-refractivity contribution is 9.10. The molecule has 0 saturated heterocycles. The first-order valence-corrected chi connectivity index (χ1v) is 6.67. The Morgan fingerprint density at radius 3 is 2.72 bits per heavy atom. The van der Waals surface area contributed by atoms with Gasteiger partial charge in [-0.1, -0.05) is 13.0 Å². The third-order valence-electron chi connectivity index (χ3n) is 2.56. The predicted molar refractivity (Wildman–Crippen MR) is 73.2 cm³/mol. The lowest BCUT2D eigenvalue weighted by molar-refractivity contribution is 0.490. The Morgan fingerprint density at radius 2 is 2.11 bits per heavy atom. The van der Waals surface area contributed by atoms with Gasteiger partial charge in [0.1, 0.15) is 0 Å². The van der Waals surface area contributed by atoms with E-state index >= 15 is 0 Å². The zero-order chi connectivity index (χ0) is 13.5. The molecule has 0 heterocycles. The zero-order valence-electron chi connectivity index (χ0n) is 10.5. The van der Waals surface area contributed by atoms with Crippen molar-refractivity contribution in [3.8, 4) is 11.8 Å². The molecule has 0 aliphatic carbocycles. The summed E-state index contributed by atoms with van der Waals surface area (Å²) in [6.07, 6.45) is 1.54. The van der Waals surface area contributed by atoms with Gasteiger partial charge in [-0.15, -0.1) is 11.8 Å². The Hall–Kier alpha value is -0.920. The Labute approximate surface area is 115 Å². The van der Waals surface area contributed by atoms with E-state index in [9.17, 15) is 8.78 Å². The van der Waals surface area contributed by atoms with Crippen molar-refractivity contribution < 1.29 is 8.78 Å². The van der Waals surface area contributed by atoms with E-state index in [0.29, 0.717) is 12.0 Å². The summed E-state index contributed by atoms with van der Waals surface area (Å²) in [5.41, 5.74) is 0.699. The van der Waals surface area contributed by atoms with E-state index < -0.39 is 11.6 Å². The SMILES string of the molecule is CC#CCC(NCCC)c1ccc(F)c(F)c1Br. The Kier molecular flexibility index (Phi) is 6.31. The monoisotopic (exact) mass is 315 g/mol. The van der Waals surface area contributed by atoms with E-state index in [1.165, 1.54) is 0 Å². The topological polar surface area (TPSA) is 12.0 Å². The number of benzene rings is 1. The third kappa shape index (κ3) is 3.79. The van der Waals surface area contributed by atoms with Gasteiger partial charge in [0, 0.05) is 12.5 Å². The molecule has 0 bridgehead atoms. The summed E-state index contributed by atoms with van der Waals surface area (Å²) in [5.74, 6) is 4.09. The molecule has 98 valence electrons. The molecule has 18 heavy (non-hydrogen) atoms. The lowest BCUT2D eigenvalue weighted by Gasteiger charge is -2.18. The maximum Gasteiger partial charge on any atom is 0.173 e. The number of hydrogen-bond acceptors (Lipinski definition) is 1. The van der Waals surface area contributed by atoms with Crippen molar-refractivity contribution in [1.82, 2.24) is 5.32 Å². The van der Waals surface area contributed by atoms with Crippen LogP contribution in [0.4, 0.5) is 8.78 Å². The third-order valence-corrected chi connectivity index (χ3v) is 3.37. The van der Waals surface area contributed by atoms with Gasteiger partial charge in [0.05, 0.1) is 4.47 Å². The van der Waals surface area contributed by atoms with Gasteiger partial charge in [0.15, 0.2) is 11.6 Å². The molecule has 1 nitrogen and oxygen atoms in total. The zero-order valence-corrected chi connectivity index (χ0v) is 12.1. The van der Waals surface area contributed by atoms with E-state index in [-0.39, 0.29) is 10.5 Å². The summed E-state index contributed by atoms with van der Waals surface area (Å²) >= 11 is 3.11. The minimum absolute atomic E-state index is 0.0955. The smallest absolute Gasteiger partial charge is 0.173 e. The average Bonchev–Trinajstić information content (AvgIpc) is 2.37. The van der Waals surface area contributed by atoms with Crippen LogP contribution in [0.15, 0.2) is 16.6 Å². The van der Waals surface area contributed by atoms with Gasteiger partial charge < -0.3 is 5.32 Å². The highest BCUT2D eigenvalue weighted by Crippen LogP contribution is 2.29. The average molecular weight is 316 g/mol. The van der Waals surface area contributed by atoms with Crippen LogP contribution in [0.3, 0.4) is 0 Å². The fourth-order valence-corrected chi connectivity index (χ4v) is 2.22. The molecular weight excluding hydrogens is 300 g/mol. The van der Waals surface area contributed by atoms with Crippen molar-refractivity contribution >= 4 is 15.9 Å². The molecule has 1 atom stereocenters. The van der Waals surface area contributed by atoms with Crippen LogP contribution in [0, 0.1) is 23.5 Å². The molecule has 0 amide bonds. The van der Waals surface area contributed by atoms with Crippen molar-refractivity contribution in [2.75, 3.05) is 6.54 Å². The fraction of sp³-hybridized carbons (Fsp3) is 0.429. The Bertz CT molecular complexity index is 463. The number of halogens is 3. The van der Waals surface area contributed by atoms with Crippen LogP contribution >= 0.6 is 15.9 Å². The molecular formula is C14H16BrF2N. The summed E-state index contributed by atoms with van der Waals surface area (Å²) in [6.45, 7) is 4.62. The molecule has 0 aliphatic heterocycles. The first-order chi connectivity index (χ1) is 8.61. The van der Waals surface area contributed by atoms with E-state index in [0.717, 1.165) is 19.0 Å². The lowest BCUT2D eigenvalue weighted by Crippen LogP contribution is -2.22. The molecule has 0 aliphatic rings. The minimum Gasteiger partial charge on any atom is -0.309 e. The van der Waals surface area contributed by atoms with Gasteiger partial charge in [-0.05, 0) is 47.4 Å². The molecule has 1 rings (SSSR count). The maximum absolute atomic E-state index is 13.5. The standard InChI is InChI=1S/C14H16BrF2N/c1-3-5-6-12(18-9-4-2)10-7-8-11(16)14(17)13(10)15/h7-8,12,18H,4,6,9H2,1-2H3. The molecule has 1 aromatic rings. The number of hydrogen-bond donors (Lipinski definition) is 1. The second-order valence-electron chi connectivity index (χ2n) is 3.90. The van der Waals surface area contributed by atoms with Gasteiger partial charge in [-0.25, -0.2) is 8.78 Å². The second kappa shape index (κ2) is 7.50. The van der Waals surface area contributed by atoms with Crippen molar-refractivity contribution in [3.05, 3.63) is 33.8 Å². The fourth-order valence-electron chi connectivity index (χ4n) is 1.62. The molecule has 0 spiro atoms. The molecule has 0 radical (unpaired) electrons. The van der Waals surface area contributed by atoms with Crippen molar-refractivity contribution in [2.45, 2.75) is 32.7 Å². The predicted octanol–water partition coefficient (Wildman–Crippen LogP) is 4.18. The second-order valence-corrected chi connectivity index (χ2v) is 4.70. The van der Waals surface area contributed by atoms with Gasteiger partial charge in [-0.3, -0.25) is 0 Å². The highest BCUT2D eigenvalue weighted by atomic mass is 79.9. The molecule has 0 saturated carbocycles. The quantitative estimate of drug-likeness (QED) is 0.635. The van der Waals surface area contributed by atoms with Crippen LogP contribution in [-0.2, 0) is 0 Å². The number of rotatable bonds is 5. The molecule has 1 aromatic carbocycles. The summed E-state index contributed by atoms with van der Waals surface area (Å²) in [7, 11) is 0.